The van der Waals surface area contributed by atoms with Gasteiger partial charge in [0.15, 0.2) is 10.9 Å². The molecule has 0 fully saturated rings. The number of fused-ring (bicyclic) bond motifs is 1. The van der Waals surface area contributed by atoms with Crippen molar-refractivity contribution >= 4 is 22.4 Å². The van der Waals surface area contributed by atoms with Crippen LogP contribution in [0.15, 0.2) is 39.1 Å². The van der Waals surface area contributed by atoms with Gasteiger partial charge in [-0.1, -0.05) is 0 Å². The van der Waals surface area contributed by atoms with Crippen LogP contribution >= 0.6 is 11.3 Å². The number of carbonyl (C=O) groups excluding carboxylic acids is 1. The Bertz CT molecular complexity index is 974. The summed E-state index contributed by atoms with van der Waals surface area (Å²) >= 11 is 1.30. The third-order valence-corrected chi connectivity index (χ3v) is 4.99. The minimum atomic E-state index is -0.714. The Hall–Kier alpha value is -2.74. The minimum absolute atomic E-state index is 0.251. The molecule has 25 heavy (non-hydrogen) atoms. The number of nitrogens with zero attached hydrogens (tertiary/aromatic N) is 3. The quantitative estimate of drug-likeness (QED) is 0.776. The van der Waals surface area contributed by atoms with Crippen molar-refractivity contribution < 1.29 is 9.21 Å². The van der Waals surface area contributed by atoms with E-state index in [1.807, 2.05) is 0 Å². The molecule has 128 valence electrons. The summed E-state index contributed by atoms with van der Waals surface area (Å²) in [6.45, 7) is 1.66. The molecule has 0 bridgehead atoms. The van der Waals surface area contributed by atoms with Crippen LogP contribution < -0.4 is 10.9 Å². The van der Waals surface area contributed by atoms with Gasteiger partial charge in [0.25, 0.3) is 11.5 Å². The highest BCUT2D eigenvalue weighted by atomic mass is 32.1. The van der Waals surface area contributed by atoms with E-state index in [1.165, 1.54) is 16.0 Å². The molecule has 3 heterocycles. The van der Waals surface area contributed by atoms with Crippen molar-refractivity contribution in [3.63, 3.8) is 0 Å². The molecule has 0 saturated carbocycles. The fourth-order valence-electron chi connectivity index (χ4n) is 2.88. The summed E-state index contributed by atoms with van der Waals surface area (Å²) < 4.78 is 6.54. The summed E-state index contributed by atoms with van der Waals surface area (Å²) in [6.07, 6.45) is 4.30. The molecule has 1 atom stereocenters. The molecule has 0 aromatic carbocycles. The lowest BCUT2D eigenvalue weighted by molar-refractivity contribution is -0.119. The molecule has 3 aromatic heterocycles. The number of anilines is 1. The third-order valence-electron chi connectivity index (χ3n) is 4.24. The SMILES string of the molecule is CC(C(=O)Nc1nc(-c2ccco2)cs1)n1nc2c(cc1=O)CCC2. The predicted molar refractivity (Wildman–Crippen MR) is 93.7 cm³/mol. The molecule has 0 spiro atoms. The molecule has 1 aliphatic carbocycles. The highest BCUT2D eigenvalue weighted by Crippen LogP contribution is 2.25. The standard InChI is InChI=1S/C17H16N4O3S/c1-10(21-15(22)8-11-4-2-5-12(11)20-21)16(23)19-17-18-13(9-25-17)14-6-3-7-24-14/h3,6-10H,2,4-5H2,1H3,(H,18,19,23). The highest BCUT2D eigenvalue weighted by Gasteiger charge is 2.22. The summed E-state index contributed by atoms with van der Waals surface area (Å²) in [7, 11) is 0. The molecule has 0 radical (unpaired) electrons. The largest absolute Gasteiger partial charge is 0.463 e. The van der Waals surface area contributed by atoms with Gasteiger partial charge in [0.1, 0.15) is 11.7 Å². The lowest BCUT2D eigenvalue weighted by atomic mass is 10.2. The van der Waals surface area contributed by atoms with Crippen molar-refractivity contribution in [3.8, 4) is 11.5 Å². The Kier molecular flexibility index (Phi) is 3.96. The molecular weight excluding hydrogens is 340 g/mol. The van der Waals surface area contributed by atoms with E-state index >= 15 is 0 Å². The van der Waals surface area contributed by atoms with Crippen LogP contribution in [0.5, 0.6) is 0 Å². The molecule has 7 nitrogen and oxygen atoms in total. The average Bonchev–Trinajstić information content (AvgIpc) is 3.33. The normalized spacial score (nSPS) is 14.3. The zero-order valence-corrected chi connectivity index (χ0v) is 14.4. The van der Waals surface area contributed by atoms with Crippen LogP contribution in [0, 0.1) is 0 Å². The van der Waals surface area contributed by atoms with Gasteiger partial charge >= 0.3 is 0 Å². The molecular formula is C17H16N4O3S. The third kappa shape index (κ3) is 3.00. The summed E-state index contributed by atoms with van der Waals surface area (Å²) in [5, 5.41) is 9.38. The summed E-state index contributed by atoms with van der Waals surface area (Å²) in [5.74, 6) is 0.314. The molecule has 0 saturated heterocycles. The molecule has 0 aliphatic heterocycles. The Morgan fingerprint density at radius 3 is 3.12 bits per heavy atom. The van der Waals surface area contributed by atoms with E-state index in [0.717, 1.165) is 30.5 Å². The lowest BCUT2D eigenvalue weighted by Crippen LogP contribution is -2.33. The Labute approximate surface area is 147 Å². The van der Waals surface area contributed by atoms with E-state index in [2.05, 4.69) is 15.4 Å². The average molecular weight is 356 g/mol. The van der Waals surface area contributed by atoms with Crippen LogP contribution in [0.3, 0.4) is 0 Å². The smallest absolute Gasteiger partial charge is 0.267 e. The van der Waals surface area contributed by atoms with Gasteiger partial charge < -0.3 is 9.73 Å². The second-order valence-corrected chi connectivity index (χ2v) is 6.79. The second-order valence-electron chi connectivity index (χ2n) is 5.93. The van der Waals surface area contributed by atoms with E-state index in [1.54, 1.807) is 36.8 Å². The Balaban J connectivity index is 1.52. The zero-order chi connectivity index (χ0) is 17.4. The Morgan fingerprint density at radius 2 is 2.32 bits per heavy atom. The topological polar surface area (TPSA) is 90.0 Å². The maximum atomic E-state index is 12.5. The number of furan rings is 1. The van der Waals surface area contributed by atoms with Crippen LogP contribution in [-0.4, -0.2) is 20.7 Å². The van der Waals surface area contributed by atoms with Crippen molar-refractivity contribution in [2.24, 2.45) is 0 Å². The first kappa shape index (κ1) is 15.8. The van der Waals surface area contributed by atoms with Crippen LogP contribution in [-0.2, 0) is 17.6 Å². The second kappa shape index (κ2) is 6.29. The lowest BCUT2D eigenvalue weighted by Gasteiger charge is -2.14. The van der Waals surface area contributed by atoms with Gasteiger partial charge in [0.05, 0.1) is 12.0 Å². The van der Waals surface area contributed by atoms with Gasteiger partial charge in [0.2, 0.25) is 0 Å². The number of hydrogen-bond donors (Lipinski definition) is 1. The number of hydrogen-bond acceptors (Lipinski definition) is 6. The summed E-state index contributed by atoms with van der Waals surface area (Å²) in [5.41, 5.74) is 2.31. The Morgan fingerprint density at radius 1 is 1.44 bits per heavy atom. The number of amides is 1. The van der Waals surface area contributed by atoms with Gasteiger partial charge in [-0.25, -0.2) is 9.67 Å². The van der Waals surface area contributed by atoms with Gasteiger partial charge in [-0.15, -0.1) is 11.3 Å². The van der Waals surface area contributed by atoms with Crippen LogP contribution in [0.2, 0.25) is 0 Å². The van der Waals surface area contributed by atoms with E-state index in [0.29, 0.717) is 16.6 Å². The van der Waals surface area contributed by atoms with Crippen LogP contribution in [0.4, 0.5) is 5.13 Å². The number of rotatable bonds is 4. The van der Waals surface area contributed by atoms with Gasteiger partial charge in [0, 0.05) is 11.4 Å². The number of nitrogens with one attached hydrogen (secondary N) is 1. The highest BCUT2D eigenvalue weighted by molar-refractivity contribution is 7.14. The van der Waals surface area contributed by atoms with Crippen molar-refractivity contribution in [3.05, 3.63) is 51.5 Å². The number of thiazole rings is 1. The molecule has 1 aliphatic rings. The van der Waals surface area contributed by atoms with E-state index in [4.69, 9.17) is 4.42 Å². The first-order valence-electron chi connectivity index (χ1n) is 8.04. The molecule has 8 heteroatoms. The summed E-state index contributed by atoms with van der Waals surface area (Å²) in [4.78, 5) is 29.1. The van der Waals surface area contributed by atoms with Gasteiger partial charge in [-0.05, 0) is 43.9 Å². The minimum Gasteiger partial charge on any atom is -0.463 e. The maximum absolute atomic E-state index is 12.5. The molecule has 1 N–H and O–H groups in total. The maximum Gasteiger partial charge on any atom is 0.267 e. The van der Waals surface area contributed by atoms with Crippen LogP contribution in [0.1, 0.15) is 30.6 Å². The van der Waals surface area contributed by atoms with Gasteiger partial charge in [-0.2, -0.15) is 5.10 Å². The van der Waals surface area contributed by atoms with E-state index < -0.39 is 6.04 Å². The summed E-state index contributed by atoms with van der Waals surface area (Å²) in [6, 6.07) is 4.46. The zero-order valence-electron chi connectivity index (χ0n) is 13.6. The van der Waals surface area contributed by atoms with Crippen molar-refractivity contribution in [2.75, 3.05) is 5.32 Å². The van der Waals surface area contributed by atoms with E-state index in [-0.39, 0.29) is 11.5 Å². The fourth-order valence-corrected chi connectivity index (χ4v) is 3.59. The molecule has 4 rings (SSSR count). The van der Waals surface area contributed by atoms with Crippen LogP contribution in [0.25, 0.3) is 11.5 Å². The van der Waals surface area contributed by atoms with Crippen molar-refractivity contribution in [2.45, 2.75) is 32.2 Å². The molecule has 1 amide bonds. The fraction of sp³-hybridized carbons (Fsp3) is 0.294. The van der Waals surface area contributed by atoms with Crippen molar-refractivity contribution in [1.29, 1.82) is 0 Å². The predicted octanol–water partition coefficient (Wildman–Crippen LogP) is 2.65. The molecule has 3 aromatic rings. The number of aromatic nitrogens is 3. The number of carbonyl (C=O) groups is 1. The monoisotopic (exact) mass is 356 g/mol. The first-order chi connectivity index (χ1) is 12.1. The van der Waals surface area contributed by atoms with E-state index in [9.17, 15) is 9.59 Å². The number of aryl methyl sites for hydroxylation is 2. The van der Waals surface area contributed by atoms with Crippen molar-refractivity contribution in [1.82, 2.24) is 14.8 Å². The van der Waals surface area contributed by atoms with Gasteiger partial charge in [-0.3, -0.25) is 9.59 Å². The first-order valence-corrected chi connectivity index (χ1v) is 8.91. The molecule has 1 unspecified atom stereocenters.